The second-order valence-electron chi connectivity index (χ2n) is 3.94. The van der Waals surface area contributed by atoms with Gasteiger partial charge >= 0.3 is 0 Å². The molecule has 0 radical (unpaired) electrons. The molecular weight excluding hydrogens is 333 g/mol. The summed E-state index contributed by atoms with van der Waals surface area (Å²) in [5.41, 5.74) is 1.20. The van der Waals surface area contributed by atoms with Crippen LogP contribution in [0.2, 0.25) is 5.02 Å². The second-order valence-corrected chi connectivity index (χ2v) is 5.17. The van der Waals surface area contributed by atoms with Crippen LogP contribution in [0.4, 0.5) is 4.39 Å². The van der Waals surface area contributed by atoms with Crippen molar-refractivity contribution in [2.24, 2.45) is 0 Å². The first-order valence-corrected chi connectivity index (χ1v) is 6.84. The lowest BCUT2D eigenvalue weighted by Crippen LogP contribution is -2.08. The van der Waals surface area contributed by atoms with Crippen molar-refractivity contribution in [3.8, 4) is 0 Å². The molecule has 0 amide bonds. The Bertz CT molecular complexity index is 645. The molecule has 19 heavy (non-hydrogen) atoms. The minimum Gasteiger partial charge on any atom is -0.288 e. The number of hydrogen-bond acceptors (Lipinski definition) is 2. The summed E-state index contributed by atoms with van der Waals surface area (Å²) in [6.45, 7) is 1.92. The summed E-state index contributed by atoms with van der Waals surface area (Å²) in [7, 11) is 0. The van der Waals surface area contributed by atoms with Crippen LogP contribution in [0.15, 0.2) is 35.1 Å². The largest absolute Gasteiger partial charge is 0.288 e. The molecular formula is C14H10BrClFNO. The van der Waals surface area contributed by atoms with Gasteiger partial charge in [0.1, 0.15) is 0 Å². The van der Waals surface area contributed by atoms with E-state index in [1.807, 2.05) is 6.92 Å². The van der Waals surface area contributed by atoms with Gasteiger partial charge in [0.2, 0.25) is 0 Å². The quantitative estimate of drug-likeness (QED) is 0.610. The third kappa shape index (κ3) is 2.69. The highest BCUT2D eigenvalue weighted by atomic mass is 79.9. The van der Waals surface area contributed by atoms with E-state index in [0.717, 1.165) is 5.56 Å². The van der Waals surface area contributed by atoms with Gasteiger partial charge < -0.3 is 0 Å². The predicted octanol–water partition coefficient (Wildman–Crippen LogP) is 4.43. The van der Waals surface area contributed by atoms with E-state index in [-0.39, 0.29) is 16.4 Å². The van der Waals surface area contributed by atoms with Gasteiger partial charge in [-0.2, -0.15) is 0 Å². The molecule has 0 atom stereocenters. The lowest BCUT2D eigenvalue weighted by molar-refractivity contribution is 0.103. The SMILES string of the molecule is CCc1cnccc1C(=O)c1ccc(Br)c(Cl)c1F. The topological polar surface area (TPSA) is 30.0 Å². The molecule has 0 aliphatic rings. The standard InChI is InChI=1S/C14H10BrClFNO/c1-2-8-7-18-6-5-9(8)14(19)10-3-4-11(15)12(16)13(10)17/h3-7H,2H2,1H3. The number of nitrogens with zero attached hydrogens (tertiary/aromatic N) is 1. The molecule has 0 bridgehead atoms. The van der Waals surface area contributed by atoms with Gasteiger partial charge in [0.15, 0.2) is 11.6 Å². The summed E-state index contributed by atoms with van der Waals surface area (Å²) in [6, 6.07) is 4.58. The Balaban J connectivity index is 2.54. The Labute approximate surface area is 123 Å². The predicted molar refractivity (Wildman–Crippen MR) is 76.2 cm³/mol. The molecule has 2 rings (SSSR count). The minimum atomic E-state index is -0.708. The van der Waals surface area contributed by atoms with Crippen molar-refractivity contribution in [3.63, 3.8) is 0 Å². The van der Waals surface area contributed by atoms with Gasteiger partial charge in [0, 0.05) is 22.4 Å². The zero-order valence-electron chi connectivity index (χ0n) is 10.1. The van der Waals surface area contributed by atoms with Crippen LogP contribution in [0.25, 0.3) is 0 Å². The number of carbonyl (C=O) groups excluding carboxylic acids is 1. The van der Waals surface area contributed by atoms with Crippen molar-refractivity contribution in [1.82, 2.24) is 4.98 Å². The molecule has 0 unspecified atom stereocenters. The Morgan fingerprint density at radius 3 is 2.79 bits per heavy atom. The lowest BCUT2D eigenvalue weighted by atomic mass is 9.98. The average molecular weight is 343 g/mol. The number of aryl methyl sites for hydroxylation is 1. The number of benzene rings is 1. The van der Waals surface area contributed by atoms with Crippen molar-refractivity contribution >= 4 is 33.3 Å². The molecule has 1 heterocycles. The smallest absolute Gasteiger partial charge is 0.196 e. The Hall–Kier alpha value is -1.26. The van der Waals surface area contributed by atoms with E-state index in [0.29, 0.717) is 16.5 Å². The van der Waals surface area contributed by atoms with Crippen molar-refractivity contribution in [2.45, 2.75) is 13.3 Å². The lowest BCUT2D eigenvalue weighted by Gasteiger charge is -2.08. The normalized spacial score (nSPS) is 10.5. The van der Waals surface area contributed by atoms with Crippen LogP contribution in [0.5, 0.6) is 0 Å². The number of pyridine rings is 1. The molecule has 0 spiro atoms. The number of aromatic nitrogens is 1. The second kappa shape index (κ2) is 5.80. The van der Waals surface area contributed by atoms with E-state index in [4.69, 9.17) is 11.6 Å². The molecule has 0 saturated heterocycles. The summed E-state index contributed by atoms with van der Waals surface area (Å²) in [5, 5.41) is -0.0852. The van der Waals surface area contributed by atoms with Gasteiger partial charge in [-0.25, -0.2) is 4.39 Å². The summed E-state index contributed by atoms with van der Waals surface area (Å²) < 4.78 is 14.5. The molecule has 5 heteroatoms. The average Bonchev–Trinajstić information content (AvgIpc) is 2.44. The van der Waals surface area contributed by atoms with Crippen LogP contribution in [-0.4, -0.2) is 10.8 Å². The summed E-state index contributed by atoms with van der Waals surface area (Å²) in [4.78, 5) is 16.3. The maximum absolute atomic E-state index is 14.0. The highest BCUT2D eigenvalue weighted by Crippen LogP contribution is 2.29. The van der Waals surface area contributed by atoms with Crippen LogP contribution in [0.3, 0.4) is 0 Å². The van der Waals surface area contributed by atoms with Gasteiger partial charge in [-0.15, -0.1) is 0 Å². The highest BCUT2D eigenvalue weighted by molar-refractivity contribution is 9.10. The molecule has 0 aliphatic heterocycles. The first kappa shape index (κ1) is 14.2. The maximum Gasteiger partial charge on any atom is 0.196 e. The number of rotatable bonds is 3. The van der Waals surface area contributed by atoms with E-state index in [1.54, 1.807) is 18.3 Å². The number of ketones is 1. The fourth-order valence-electron chi connectivity index (χ4n) is 1.78. The fourth-order valence-corrected chi connectivity index (χ4v) is 2.25. The van der Waals surface area contributed by atoms with Gasteiger partial charge in [-0.3, -0.25) is 9.78 Å². The molecule has 2 aromatic rings. The first-order valence-electron chi connectivity index (χ1n) is 5.67. The van der Waals surface area contributed by atoms with E-state index in [9.17, 15) is 9.18 Å². The first-order chi connectivity index (χ1) is 9.06. The van der Waals surface area contributed by atoms with E-state index in [2.05, 4.69) is 20.9 Å². The Morgan fingerprint density at radius 1 is 1.37 bits per heavy atom. The number of hydrogen-bond donors (Lipinski definition) is 0. The van der Waals surface area contributed by atoms with Gasteiger partial charge in [-0.1, -0.05) is 18.5 Å². The van der Waals surface area contributed by atoms with Crippen molar-refractivity contribution in [1.29, 1.82) is 0 Å². The molecule has 0 fully saturated rings. The van der Waals surface area contributed by atoms with E-state index < -0.39 is 5.82 Å². The highest BCUT2D eigenvalue weighted by Gasteiger charge is 2.19. The molecule has 98 valence electrons. The molecule has 1 aromatic carbocycles. The van der Waals surface area contributed by atoms with Crippen LogP contribution in [0, 0.1) is 5.82 Å². The van der Waals surface area contributed by atoms with Crippen LogP contribution >= 0.6 is 27.5 Å². The zero-order chi connectivity index (χ0) is 14.0. The van der Waals surface area contributed by atoms with Gasteiger partial charge in [-0.05, 0) is 46.1 Å². The fraction of sp³-hybridized carbons (Fsp3) is 0.143. The van der Waals surface area contributed by atoms with Crippen molar-refractivity contribution in [2.75, 3.05) is 0 Å². The summed E-state index contributed by atoms with van der Waals surface area (Å²) in [6.07, 6.45) is 3.79. The zero-order valence-corrected chi connectivity index (χ0v) is 12.4. The Kier molecular flexibility index (Phi) is 4.32. The number of halogens is 3. The molecule has 0 N–H and O–H groups in total. The minimum absolute atomic E-state index is 0.0332. The molecule has 0 saturated carbocycles. The molecule has 2 nitrogen and oxygen atoms in total. The van der Waals surface area contributed by atoms with E-state index >= 15 is 0 Å². The van der Waals surface area contributed by atoms with E-state index in [1.165, 1.54) is 12.3 Å². The van der Waals surface area contributed by atoms with Crippen molar-refractivity contribution in [3.05, 3.63) is 62.6 Å². The maximum atomic E-state index is 14.0. The van der Waals surface area contributed by atoms with Crippen LogP contribution in [0.1, 0.15) is 28.4 Å². The molecule has 0 aliphatic carbocycles. The third-order valence-electron chi connectivity index (χ3n) is 2.81. The third-order valence-corrected chi connectivity index (χ3v) is 4.07. The Morgan fingerprint density at radius 2 is 2.11 bits per heavy atom. The molecule has 1 aromatic heterocycles. The van der Waals surface area contributed by atoms with Gasteiger partial charge in [0.25, 0.3) is 0 Å². The monoisotopic (exact) mass is 341 g/mol. The summed E-state index contributed by atoms with van der Waals surface area (Å²) >= 11 is 8.92. The van der Waals surface area contributed by atoms with Crippen molar-refractivity contribution < 1.29 is 9.18 Å². The van der Waals surface area contributed by atoms with Crippen LogP contribution < -0.4 is 0 Å². The number of carbonyl (C=O) groups is 1. The van der Waals surface area contributed by atoms with Gasteiger partial charge in [0.05, 0.1) is 10.6 Å². The van der Waals surface area contributed by atoms with Crippen LogP contribution in [-0.2, 0) is 6.42 Å². The summed E-state index contributed by atoms with van der Waals surface area (Å²) in [5.74, 6) is -1.09.